The van der Waals surface area contributed by atoms with E-state index in [-0.39, 0.29) is 0 Å². The minimum absolute atomic E-state index is 0.595. The van der Waals surface area contributed by atoms with Crippen LogP contribution in [0.15, 0.2) is 34.8 Å². The Bertz CT molecular complexity index is 336. The minimum Gasteiger partial charge on any atom is -0.384 e. The summed E-state index contributed by atoms with van der Waals surface area (Å²) in [4.78, 5) is 0. The van der Waals surface area contributed by atoms with Crippen molar-refractivity contribution in [2.75, 3.05) is 0 Å². The van der Waals surface area contributed by atoms with Gasteiger partial charge in [0.1, 0.15) is 0 Å². The highest BCUT2D eigenvalue weighted by molar-refractivity contribution is 9.10. The van der Waals surface area contributed by atoms with Gasteiger partial charge in [-0.2, -0.15) is 0 Å². The maximum Gasteiger partial charge on any atom is 0.0996 e. The molecule has 3 heteroatoms. The lowest BCUT2D eigenvalue weighted by atomic mass is 10.0. The smallest absolute Gasteiger partial charge is 0.0996 e. The maximum absolute atomic E-state index is 9.64. The molecule has 0 fully saturated rings. The van der Waals surface area contributed by atoms with Gasteiger partial charge in [-0.25, -0.2) is 0 Å². The summed E-state index contributed by atoms with van der Waals surface area (Å²) in [7, 11) is 0. The summed E-state index contributed by atoms with van der Waals surface area (Å²) in [6.07, 6.45) is -0.634. The van der Waals surface area contributed by atoms with Gasteiger partial charge in [0, 0.05) is 4.47 Å². The number of hydrogen-bond donors (Lipinski definition) is 1. The van der Waals surface area contributed by atoms with Crippen molar-refractivity contribution in [3.63, 3.8) is 0 Å². The molecule has 1 N–H and O–H groups in total. The van der Waals surface area contributed by atoms with Gasteiger partial charge in [0.05, 0.1) is 11.1 Å². The van der Waals surface area contributed by atoms with Crippen LogP contribution < -0.4 is 0 Å². The van der Waals surface area contributed by atoms with Crippen LogP contribution in [0.2, 0.25) is 5.02 Å². The average Bonchev–Trinajstić information content (AvgIpc) is 2.08. The summed E-state index contributed by atoms with van der Waals surface area (Å²) in [5.74, 6) is 0. The molecule has 0 aliphatic rings. The molecule has 70 valence electrons. The van der Waals surface area contributed by atoms with Gasteiger partial charge in [-0.15, -0.1) is 0 Å². The van der Waals surface area contributed by atoms with Crippen molar-refractivity contribution in [1.29, 1.82) is 0 Å². The number of aliphatic hydroxyl groups is 1. The van der Waals surface area contributed by atoms with Crippen LogP contribution in [0.25, 0.3) is 0 Å². The number of aliphatic hydroxyl groups excluding tert-OH is 1. The first-order valence-electron chi connectivity index (χ1n) is 3.81. The number of hydrogen-bond acceptors (Lipinski definition) is 1. The zero-order valence-corrected chi connectivity index (χ0v) is 9.56. The van der Waals surface area contributed by atoms with Crippen molar-refractivity contribution in [3.05, 3.63) is 45.4 Å². The van der Waals surface area contributed by atoms with E-state index in [1.165, 1.54) is 0 Å². The normalized spacial score (nSPS) is 12.6. The van der Waals surface area contributed by atoms with Crippen molar-refractivity contribution in [1.82, 2.24) is 0 Å². The Kier molecular flexibility index (Phi) is 3.54. The van der Waals surface area contributed by atoms with E-state index in [4.69, 9.17) is 11.6 Å². The monoisotopic (exact) mass is 260 g/mol. The summed E-state index contributed by atoms with van der Waals surface area (Å²) in [6, 6.07) is 5.35. The SMILES string of the molecule is C=C(C)C(O)c1ccc(Br)c(Cl)c1. The Morgan fingerprint density at radius 2 is 2.23 bits per heavy atom. The van der Waals surface area contributed by atoms with Crippen LogP contribution in [-0.4, -0.2) is 5.11 Å². The first-order valence-corrected chi connectivity index (χ1v) is 4.98. The predicted molar refractivity (Wildman–Crippen MR) is 58.9 cm³/mol. The van der Waals surface area contributed by atoms with E-state index in [1.54, 1.807) is 13.0 Å². The van der Waals surface area contributed by atoms with E-state index in [0.29, 0.717) is 10.6 Å². The Balaban J connectivity index is 3.03. The Labute approximate surface area is 91.2 Å². The molecule has 13 heavy (non-hydrogen) atoms. The summed E-state index contributed by atoms with van der Waals surface area (Å²) < 4.78 is 0.826. The largest absolute Gasteiger partial charge is 0.384 e. The highest BCUT2D eigenvalue weighted by atomic mass is 79.9. The fraction of sp³-hybridized carbons (Fsp3) is 0.200. The molecule has 0 saturated heterocycles. The first-order chi connectivity index (χ1) is 6.02. The Morgan fingerprint density at radius 3 is 2.69 bits per heavy atom. The van der Waals surface area contributed by atoms with E-state index in [2.05, 4.69) is 22.5 Å². The molecule has 0 aromatic heterocycles. The van der Waals surface area contributed by atoms with Crippen molar-refractivity contribution in [2.24, 2.45) is 0 Å². The molecule has 1 rings (SSSR count). The molecule has 0 aliphatic carbocycles. The molecule has 0 bridgehead atoms. The van der Waals surface area contributed by atoms with Crippen LogP contribution in [0.4, 0.5) is 0 Å². The van der Waals surface area contributed by atoms with Gasteiger partial charge in [-0.05, 0) is 46.1 Å². The average molecular weight is 262 g/mol. The molecular weight excluding hydrogens is 251 g/mol. The second-order valence-corrected chi connectivity index (χ2v) is 4.18. The summed E-state index contributed by atoms with van der Waals surface area (Å²) in [6.45, 7) is 5.46. The molecule has 1 nitrogen and oxygen atoms in total. The standard InChI is InChI=1S/C10H10BrClO/c1-6(2)10(13)7-3-4-8(11)9(12)5-7/h3-5,10,13H,1H2,2H3. The molecule has 0 spiro atoms. The van der Waals surface area contributed by atoms with Crippen LogP contribution in [0, 0.1) is 0 Å². The van der Waals surface area contributed by atoms with Crippen molar-refractivity contribution in [3.8, 4) is 0 Å². The number of halogens is 2. The minimum atomic E-state index is -0.634. The van der Waals surface area contributed by atoms with Gasteiger partial charge in [0.25, 0.3) is 0 Å². The summed E-state index contributed by atoms with van der Waals surface area (Å²) >= 11 is 9.15. The van der Waals surface area contributed by atoms with Crippen molar-refractivity contribution < 1.29 is 5.11 Å². The van der Waals surface area contributed by atoms with Crippen LogP contribution in [-0.2, 0) is 0 Å². The number of benzene rings is 1. The van der Waals surface area contributed by atoms with E-state index in [9.17, 15) is 5.11 Å². The van der Waals surface area contributed by atoms with Gasteiger partial charge >= 0.3 is 0 Å². The lowest BCUT2D eigenvalue weighted by molar-refractivity contribution is 0.216. The first kappa shape index (κ1) is 10.8. The lowest BCUT2D eigenvalue weighted by Crippen LogP contribution is -1.97. The van der Waals surface area contributed by atoms with Crippen LogP contribution >= 0.6 is 27.5 Å². The summed E-state index contributed by atoms with van der Waals surface area (Å²) in [5, 5.41) is 10.2. The van der Waals surface area contributed by atoms with Gasteiger partial charge in [-0.3, -0.25) is 0 Å². The van der Waals surface area contributed by atoms with Gasteiger partial charge in [0.15, 0.2) is 0 Å². The van der Waals surface area contributed by atoms with Gasteiger partial charge in [0.2, 0.25) is 0 Å². The van der Waals surface area contributed by atoms with E-state index < -0.39 is 6.10 Å². The quantitative estimate of drug-likeness (QED) is 0.805. The lowest BCUT2D eigenvalue weighted by Gasteiger charge is -2.10. The molecule has 1 aromatic rings. The fourth-order valence-corrected chi connectivity index (χ4v) is 1.40. The highest BCUT2D eigenvalue weighted by Gasteiger charge is 2.09. The molecule has 1 aromatic carbocycles. The zero-order valence-electron chi connectivity index (χ0n) is 7.22. The van der Waals surface area contributed by atoms with Crippen LogP contribution in [0.5, 0.6) is 0 Å². The predicted octanol–water partition coefficient (Wildman–Crippen LogP) is 3.71. The molecule has 1 atom stereocenters. The number of rotatable bonds is 2. The zero-order chi connectivity index (χ0) is 10.0. The van der Waals surface area contributed by atoms with E-state index in [0.717, 1.165) is 10.0 Å². The third kappa shape index (κ3) is 2.56. The second kappa shape index (κ2) is 4.27. The van der Waals surface area contributed by atoms with E-state index >= 15 is 0 Å². The molecule has 0 heterocycles. The molecule has 1 unspecified atom stereocenters. The molecule has 0 saturated carbocycles. The molecular formula is C10H10BrClO. The van der Waals surface area contributed by atoms with E-state index in [1.807, 2.05) is 12.1 Å². The molecule has 0 radical (unpaired) electrons. The third-order valence-corrected chi connectivity index (χ3v) is 2.96. The topological polar surface area (TPSA) is 20.2 Å². The summed E-state index contributed by atoms with van der Waals surface area (Å²) in [5.41, 5.74) is 1.47. The van der Waals surface area contributed by atoms with Gasteiger partial charge in [-0.1, -0.05) is 24.2 Å². The second-order valence-electron chi connectivity index (χ2n) is 2.92. The Morgan fingerprint density at radius 1 is 1.62 bits per heavy atom. The molecule has 0 amide bonds. The fourth-order valence-electron chi connectivity index (χ4n) is 0.967. The van der Waals surface area contributed by atoms with Crippen LogP contribution in [0.1, 0.15) is 18.6 Å². The van der Waals surface area contributed by atoms with Crippen molar-refractivity contribution >= 4 is 27.5 Å². The third-order valence-electron chi connectivity index (χ3n) is 1.73. The molecule has 0 aliphatic heterocycles. The highest BCUT2D eigenvalue weighted by Crippen LogP contribution is 2.28. The Hall–Kier alpha value is -0.310. The van der Waals surface area contributed by atoms with Gasteiger partial charge < -0.3 is 5.11 Å². The van der Waals surface area contributed by atoms with Crippen molar-refractivity contribution in [2.45, 2.75) is 13.0 Å². The van der Waals surface area contributed by atoms with Crippen LogP contribution in [0.3, 0.4) is 0 Å². The maximum atomic E-state index is 9.64.